The van der Waals surface area contributed by atoms with Crippen molar-refractivity contribution in [2.24, 2.45) is 0 Å². The summed E-state index contributed by atoms with van der Waals surface area (Å²) in [6, 6.07) is 5.11. The molecule has 1 spiro atoms. The fourth-order valence-electron chi connectivity index (χ4n) is 3.25. The van der Waals surface area contributed by atoms with Crippen LogP contribution in [0.1, 0.15) is 6.92 Å². The average Bonchev–Trinajstić information content (AvgIpc) is 2.56. The number of nitrogens with zero attached hydrogens (tertiary/aromatic N) is 2. The summed E-state index contributed by atoms with van der Waals surface area (Å²) in [5.41, 5.74) is -0.322. The van der Waals surface area contributed by atoms with Gasteiger partial charge < -0.3 is 19.9 Å². The zero-order valence-electron chi connectivity index (χ0n) is 14.9. The molecule has 26 heavy (non-hydrogen) atoms. The van der Waals surface area contributed by atoms with E-state index in [1.807, 2.05) is 18.9 Å². The van der Waals surface area contributed by atoms with Crippen molar-refractivity contribution in [1.29, 1.82) is 0 Å². The predicted molar refractivity (Wildman–Crippen MR) is 96.4 cm³/mol. The smallest absolute Gasteiger partial charge is 0.322 e. The van der Waals surface area contributed by atoms with Crippen LogP contribution in [0.3, 0.4) is 0 Å². The van der Waals surface area contributed by atoms with Crippen LogP contribution in [0.2, 0.25) is 0 Å². The van der Waals surface area contributed by atoms with E-state index in [1.54, 1.807) is 0 Å². The minimum absolute atomic E-state index is 0.0669. The Labute approximate surface area is 153 Å². The van der Waals surface area contributed by atoms with Gasteiger partial charge in [0.1, 0.15) is 11.4 Å². The molecule has 2 heterocycles. The van der Waals surface area contributed by atoms with Gasteiger partial charge in [-0.3, -0.25) is 0 Å². The SMILES string of the molecule is CCN(C)C[C@H]1COC2(CN(C(=O)Nc3ccc(F)cc3)C2)CS1(=O)=O. The summed E-state index contributed by atoms with van der Waals surface area (Å²) in [6.45, 7) is 3.81. The molecule has 2 amide bonds. The van der Waals surface area contributed by atoms with Gasteiger partial charge >= 0.3 is 6.03 Å². The molecular formula is C17H24FN3O4S. The Balaban J connectivity index is 1.55. The van der Waals surface area contributed by atoms with Gasteiger partial charge in [0.25, 0.3) is 0 Å². The van der Waals surface area contributed by atoms with Crippen molar-refractivity contribution in [1.82, 2.24) is 9.80 Å². The number of ether oxygens (including phenoxy) is 1. The van der Waals surface area contributed by atoms with Crippen LogP contribution in [0, 0.1) is 5.82 Å². The molecule has 1 aromatic rings. The van der Waals surface area contributed by atoms with E-state index in [4.69, 9.17) is 4.74 Å². The van der Waals surface area contributed by atoms with Crippen molar-refractivity contribution in [3.05, 3.63) is 30.1 Å². The predicted octanol–water partition coefficient (Wildman–Crippen LogP) is 1.18. The minimum Gasteiger partial charge on any atom is -0.369 e. The first-order chi connectivity index (χ1) is 12.2. The van der Waals surface area contributed by atoms with Gasteiger partial charge in [0.05, 0.1) is 30.7 Å². The average molecular weight is 385 g/mol. The Morgan fingerprint density at radius 2 is 2.04 bits per heavy atom. The number of anilines is 1. The molecule has 0 aliphatic carbocycles. The maximum Gasteiger partial charge on any atom is 0.322 e. The molecular weight excluding hydrogens is 361 g/mol. The number of hydrogen-bond acceptors (Lipinski definition) is 5. The first kappa shape index (κ1) is 19.1. The summed E-state index contributed by atoms with van der Waals surface area (Å²) in [5.74, 6) is -0.447. The first-order valence-electron chi connectivity index (χ1n) is 8.58. The zero-order valence-corrected chi connectivity index (χ0v) is 15.8. The molecule has 2 saturated heterocycles. The van der Waals surface area contributed by atoms with Gasteiger partial charge in [-0.05, 0) is 37.9 Å². The number of halogens is 1. The normalized spacial score (nSPS) is 23.7. The molecule has 144 valence electrons. The molecule has 1 N–H and O–H groups in total. The summed E-state index contributed by atoms with van der Waals surface area (Å²) in [7, 11) is -1.40. The lowest BCUT2D eigenvalue weighted by Crippen LogP contribution is -2.71. The molecule has 9 heteroatoms. The number of urea groups is 1. The Kier molecular flexibility index (Phi) is 5.23. The summed E-state index contributed by atoms with van der Waals surface area (Å²) in [4.78, 5) is 15.7. The second kappa shape index (κ2) is 7.13. The van der Waals surface area contributed by atoms with Crippen molar-refractivity contribution in [2.75, 3.05) is 50.9 Å². The zero-order chi connectivity index (χ0) is 18.9. The highest BCUT2D eigenvalue weighted by molar-refractivity contribution is 7.92. The van der Waals surface area contributed by atoms with E-state index < -0.39 is 20.7 Å². The van der Waals surface area contributed by atoms with E-state index in [-0.39, 0.29) is 37.3 Å². The van der Waals surface area contributed by atoms with Gasteiger partial charge in [-0.15, -0.1) is 0 Å². The molecule has 2 aliphatic heterocycles. The number of carbonyl (C=O) groups excluding carboxylic acids is 1. The van der Waals surface area contributed by atoms with Gasteiger partial charge in [-0.25, -0.2) is 17.6 Å². The van der Waals surface area contributed by atoms with E-state index >= 15 is 0 Å². The molecule has 0 radical (unpaired) electrons. The molecule has 0 aromatic heterocycles. The fraction of sp³-hybridized carbons (Fsp3) is 0.588. The van der Waals surface area contributed by atoms with Gasteiger partial charge in [-0.1, -0.05) is 6.92 Å². The molecule has 1 atom stereocenters. The van der Waals surface area contributed by atoms with Gasteiger partial charge in [0, 0.05) is 12.2 Å². The van der Waals surface area contributed by atoms with Crippen LogP contribution in [0.15, 0.2) is 24.3 Å². The van der Waals surface area contributed by atoms with Crippen LogP contribution in [0.4, 0.5) is 14.9 Å². The highest BCUT2D eigenvalue weighted by atomic mass is 32.2. The Hall–Kier alpha value is -1.71. The molecule has 3 rings (SSSR count). The number of carbonyl (C=O) groups is 1. The topological polar surface area (TPSA) is 79.0 Å². The van der Waals surface area contributed by atoms with Gasteiger partial charge in [0.15, 0.2) is 9.84 Å². The van der Waals surface area contributed by atoms with E-state index in [9.17, 15) is 17.6 Å². The third-order valence-corrected chi connectivity index (χ3v) is 7.17. The van der Waals surface area contributed by atoms with Gasteiger partial charge in [0.2, 0.25) is 0 Å². The maximum absolute atomic E-state index is 12.9. The summed E-state index contributed by atoms with van der Waals surface area (Å²) >= 11 is 0. The Bertz CT molecular complexity index is 763. The van der Waals surface area contributed by atoms with Crippen LogP contribution in [0.25, 0.3) is 0 Å². The van der Waals surface area contributed by atoms with Crippen LogP contribution in [0.5, 0.6) is 0 Å². The lowest BCUT2D eigenvalue weighted by Gasteiger charge is -2.52. The number of nitrogens with one attached hydrogen (secondary N) is 1. The van der Waals surface area contributed by atoms with E-state index in [0.717, 1.165) is 6.54 Å². The number of hydrogen-bond donors (Lipinski definition) is 1. The summed E-state index contributed by atoms with van der Waals surface area (Å²) < 4.78 is 43.9. The van der Waals surface area contributed by atoms with Crippen LogP contribution in [-0.2, 0) is 14.6 Å². The summed E-state index contributed by atoms with van der Waals surface area (Å²) in [5, 5.41) is 2.14. The number of rotatable bonds is 4. The van der Waals surface area contributed by atoms with Crippen molar-refractivity contribution in [2.45, 2.75) is 17.8 Å². The number of benzene rings is 1. The van der Waals surface area contributed by atoms with Crippen molar-refractivity contribution < 1.29 is 22.3 Å². The molecule has 0 saturated carbocycles. The van der Waals surface area contributed by atoms with Crippen LogP contribution >= 0.6 is 0 Å². The second-order valence-electron chi connectivity index (χ2n) is 7.07. The first-order valence-corrected chi connectivity index (χ1v) is 10.3. The van der Waals surface area contributed by atoms with Crippen LogP contribution < -0.4 is 5.32 Å². The second-order valence-corrected chi connectivity index (χ2v) is 9.35. The Morgan fingerprint density at radius 3 is 2.62 bits per heavy atom. The van der Waals surface area contributed by atoms with Gasteiger partial charge in [-0.2, -0.15) is 0 Å². The number of amides is 2. The molecule has 2 fully saturated rings. The maximum atomic E-state index is 12.9. The van der Waals surface area contributed by atoms with E-state index in [1.165, 1.54) is 29.2 Å². The Morgan fingerprint density at radius 1 is 1.38 bits per heavy atom. The highest BCUT2D eigenvalue weighted by Crippen LogP contribution is 2.33. The standard InChI is InChI=1S/C17H24FN3O4S/c1-3-20(2)8-15-9-25-17(12-26(15,23)24)10-21(11-17)16(22)19-14-6-4-13(18)5-7-14/h4-7,15H,3,8-12H2,1-2H3,(H,19,22)/t15-/m0/s1. The number of likely N-dealkylation sites (tertiary alicyclic amines) is 1. The molecule has 7 nitrogen and oxygen atoms in total. The third-order valence-electron chi connectivity index (χ3n) is 4.94. The third kappa shape index (κ3) is 3.99. The molecule has 1 aromatic carbocycles. The van der Waals surface area contributed by atoms with Crippen LogP contribution in [-0.4, -0.2) is 80.7 Å². The minimum atomic E-state index is -3.28. The molecule has 0 bridgehead atoms. The monoisotopic (exact) mass is 385 g/mol. The van der Waals surface area contributed by atoms with Crippen molar-refractivity contribution >= 4 is 21.6 Å². The van der Waals surface area contributed by atoms with Crippen molar-refractivity contribution in [3.8, 4) is 0 Å². The quantitative estimate of drug-likeness (QED) is 0.842. The highest BCUT2D eigenvalue weighted by Gasteiger charge is 2.53. The van der Waals surface area contributed by atoms with E-state index in [2.05, 4.69) is 5.32 Å². The fourth-order valence-corrected chi connectivity index (χ4v) is 5.25. The largest absolute Gasteiger partial charge is 0.369 e. The summed E-state index contributed by atoms with van der Waals surface area (Å²) in [6.07, 6.45) is 0. The van der Waals surface area contributed by atoms with Crippen molar-refractivity contribution in [3.63, 3.8) is 0 Å². The lowest BCUT2D eigenvalue weighted by atomic mass is 9.96. The molecule has 0 unspecified atom stereocenters. The number of sulfone groups is 1. The lowest BCUT2D eigenvalue weighted by molar-refractivity contribution is -0.117. The van der Waals surface area contributed by atoms with E-state index in [0.29, 0.717) is 12.2 Å². The molecule has 2 aliphatic rings.